The summed E-state index contributed by atoms with van der Waals surface area (Å²) >= 11 is 4.71. The van der Waals surface area contributed by atoms with E-state index in [4.69, 9.17) is 4.74 Å². The zero-order valence-corrected chi connectivity index (χ0v) is 20.2. The molecule has 0 N–H and O–H groups in total. The molecule has 0 aliphatic rings. The van der Waals surface area contributed by atoms with Gasteiger partial charge < -0.3 is 4.74 Å². The normalized spacial score (nSPS) is 11.4. The highest BCUT2D eigenvalue weighted by Gasteiger charge is 2.18. The van der Waals surface area contributed by atoms with Gasteiger partial charge in [0.25, 0.3) is 11.6 Å². The second-order valence-corrected chi connectivity index (χ2v) is 8.88. The molecular weight excluding hydrogens is 520 g/mol. The first-order chi connectivity index (χ1) is 16.4. The number of amides is 1. The summed E-state index contributed by atoms with van der Waals surface area (Å²) in [5.74, 6) is 0.273. The number of benzene rings is 3. The fraction of sp³-hybridized carbons (Fsp3) is 0.0417. The molecule has 1 aromatic heterocycles. The van der Waals surface area contributed by atoms with Gasteiger partial charge in [0.05, 0.1) is 28.5 Å². The number of nitro groups is 1. The molecule has 0 bridgehead atoms. The van der Waals surface area contributed by atoms with Crippen molar-refractivity contribution in [2.75, 3.05) is 12.1 Å². The summed E-state index contributed by atoms with van der Waals surface area (Å²) in [6.07, 6.45) is 4.51. The third-order valence-corrected chi connectivity index (χ3v) is 6.21. The summed E-state index contributed by atoms with van der Waals surface area (Å²) in [5.41, 5.74) is 2.15. The molecule has 4 aromatic rings. The third kappa shape index (κ3) is 5.53. The summed E-state index contributed by atoms with van der Waals surface area (Å²) in [4.78, 5) is 28.0. The zero-order chi connectivity index (χ0) is 24.1. The SMILES string of the molecule is COc1ccc2nc(N(/N=C/c3ccc(Br)cc3)C(=O)/C=C/c3ccc([N+](=O)[O-])cc3)sc2c1. The van der Waals surface area contributed by atoms with E-state index in [-0.39, 0.29) is 5.69 Å². The van der Waals surface area contributed by atoms with Gasteiger partial charge in [-0.1, -0.05) is 39.4 Å². The molecule has 1 heterocycles. The largest absolute Gasteiger partial charge is 0.497 e. The van der Waals surface area contributed by atoms with Crippen LogP contribution in [0.25, 0.3) is 16.3 Å². The minimum atomic E-state index is -0.473. The molecule has 170 valence electrons. The van der Waals surface area contributed by atoms with E-state index in [0.29, 0.717) is 16.4 Å². The van der Waals surface area contributed by atoms with Crippen LogP contribution in [0, 0.1) is 10.1 Å². The van der Waals surface area contributed by atoms with Crippen molar-refractivity contribution in [3.63, 3.8) is 0 Å². The van der Waals surface area contributed by atoms with Gasteiger partial charge in [-0.2, -0.15) is 10.1 Å². The Balaban J connectivity index is 1.65. The van der Waals surface area contributed by atoms with Gasteiger partial charge in [0.2, 0.25) is 5.13 Å². The first-order valence-corrected chi connectivity index (χ1v) is 11.5. The Morgan fingerprint density at radius 3 is 2.50 bits per heavy atom. The molecule has 0 spiro atoms. The van der Waals surface area contributed by atoms with Crippen molar-refractivity contribution < 1.29 is 14.5 Å². The van der Waals surface area contributed by atoms with Crippen LogP contribution in [0.3, 0.4) is 0 Å². The number of anilines is 1. The molecule has 0 saturated heterocycles. The molecule has 1 amide bonds. The second-order valence-electron chi connectivity index (χ2n) is 6.96. The Hall–Kier alpha value is -3.89. The van der Waals surface area contributed by atoms with E-state index in [0.717, 1.165) is 20.3 Å². The molecule has 0 atom stereocenters. The van der Waals surface area contributed by atoms with Gasteiger partial charge in [0.1, 0.15) is 5.75 Å². The molecule has 3 aromatic carbocycles. The molecule has 10 heteroatoms. The number of hydrogen-bond donors (Lipinski definition) is 0. The maximum Gasteiger partial charge on any atom is 0.273 e. The number of rotatable bonds is 7. The molecule has 4 rings (SSSR count). The molecule has 0 unspecified atom stereocenters. The number of thiazole rings is 1. The number of hydrazone groups is 1. The van der Waals surface area contributed by atoms with E-state index in [9.17, 15) is 14.9 Å². The van der Waals surface area contributed by atoms with Crippen LogP contribution in [-0.2, 0) is 4.79 Å². The Bertz CT molecular complexity index is 1400. The Labute approximate surface area is 207 Å². The number of methoxy groups -OCH3 is 1. The fourth-order valence-corrected chi connectivity index (χ4v) is 4.15. The van der Waals surface area contributed by atoms with E-state index in [2.05, 4.69) is 26.0 Å². The monoisotopic (exact) mass is 536 g/mol. The number of fused-ring (bicyclic) bond motifs is 1. The molecule has 8 nitrogen and oxygen atoms in total. The van der Waals surface area contributed by atoms with Crippen LogP contribution in [0.2, 0.25) is 0 Å². The molecule has 34 heavy (non-hydrogen) atoms. The van der Waals surface area contributed by atoms with Crippen LogP contribution in [0.1, 0.15) is 11.1 Å². The summed E-state index contributed by atoms with van der Waals surface area (Å²) in [5, 5.41) is 16.9. The highest BCUT2D eigenvalue weighted by Crippen LogP contribution is 2.32. The number of ether oxygens (including phenoxy) is 1. The minimum Gasteiger partial charge on any atom is -0.497 e. The lowest BCUT2D eigenvalue weighted by molar-refractivity contribution is -0.384. The number of carbonyl (C=O) groups is 1. The summed E-state index contributed by atoms with van der Waals surface area (Å²) < 4.78 is 7.06. The van der Waals surface area contributed by atoms with Crippen LogP contribution in [-0.4, -0.2) is 29.1 Å². The van der Waals surface area contributed by atoms with Gasteiger partial charge in [0.15, 0.2) is 0 Å². The van der Waals surface area contributed by atoms with Crippen LogP contribution in [0.4, 0.5) is 10.8 Å². The number of halogens is 1. The standard InChI is InChI=1S/C24H17BrN4O4S/c1-33-20-11-12-21-22(14-20)34-24(27-21)28(26-15-17-2-7-18(25)8-3-17)23(30)13-6-16-4-9-19(10-5-16)29(31)32/h2-15H,1H3/b13-6+,26-15+. The van der Waals surface area contributed by atoms with E-state index in [1.165, 1.54) is 34.6 Å². The van der Waals surface area contributed by atoms with Crippen molar-refractivity contribution in [1.82, 2.24) is 4.98 Å². The van der Waals surface area contributed by atoms with Crippen molar-refractivity contribution >= 4 is 66.5 Å². The lowest BCUT2D eigenvalue weighted by Gasteiger charge is -2.11. The van der Waals surface area contributed by atoms with Crippen LogP contribution < -0.4 is 9.75 Å². The van der Waals surface area contributed by atoms with E-state index in [1.807, 2.05) is 36.4 Å². The number of hydrogen-bond acceptors (Lipinski definition) is 7. The average Bonchev–Trinajstić information content (AvgIpc) is 3.27. The fourth-order valence-electron chi connectivity index (χ4n) is 2.93. The first-order valence-electron chi connectivity index (χ1n) is 9.94. The van der Waals surface area contributed by atoms with Gasteiger partial charge in [-0.3, -0.25) is 14.9 Å². The predicted molar refractivity (Wildman–Crippen MR) is 138 cm³/mol. The van der Waals surface area contributed by atoms with Gasteiger partial charge in [-0.05, 0) is 59.7 Å². The number of nitro benzene ring substituents is 1. The van der Waals surface area contributed by atoms with Gasteiger partial charge in [-0.15, -0.1) is 0 Å². The van der Waals surface area contributed by atoms with Crippen LogP contribution >= 0.6 is 27.3 Å². The maximum atomic E-state index is 13.1. The number of aromatic nitrogens is 1. The van der Waals surface area contributed by atoms with Gasteiger partial charge in [-0.25, -0.2) is 4.98 Å². The Kier molecular flexibility index (Phi) is 7.09. The topological polar surface area (TPSA) is 97.9 Å². The van der Waals surface area contributed by atoms with Crippen molar-refractivity contribution in [1.29, 1.82) is 0 Å². The molecule has 0 radical (unpaired) electrons. The predicted octanol–water partition coefficient (Wildman–Crippen LogP) is 6.06. The van der Waals surface area contributed by atoms with E-state index >= 15 is 0 Å². The maximum absolute atomic E-state index is 13.1. The molecular formula is C24H17BrN4O4S. The van der Waals surface area contributed by atoms with Crippen molar-refractivity contribution in [2.45, 2.75) is 0 Å². The summed E-state index contributed by atoms with van der Waals surface area (Å²) in [6, 6.07) is 18.9. The number of carbonyl (C=O) groups excluding carboxylic acids is 1. The van der Waals surface area contributed by atoms with Crippen LogP contribution in [0.15, 0.2) is 82.4 Å². The Morgan fingerprint density at radius 1 is 1.12 bits per heavy atom. The zero-order valence-electron chi connectivity index (χ0n) is 17.8. The highest BCUT2D eigenvalue weighted by atomic mass is 79.9. The number of nitrogens with zero attached hydrogens (tertiary/aromatic N) is 4. The van der Waals surface area contributed by atoms with E-state index in [1.54, 1.807) is 37.6 Å². The quantitative estimate of drug-likeness (QED) is 0.124. The smallest absolute Gasteiger partial charge is 0.273 e. The summed E-state index contributed by atoms with van der Waals surface area (Å²) in [6.45, 7) is 0. The molecule has 0 aliphatic carbocycles. The lowest BCUT2D eigenvalue weighted by Crippen LogP contribution is -2.23. The minimum absolute atomic E-state index is 0.0193. The number of non-ortho nitro benzene ring substituents is 1. The van der Waals surface area contributed by atoms with Gasteiger partial charge >= 0.3 is 0 Å². The van der Waals surface area contributed by atoms with Gasteiger partial charge in [0, 0.05) is 22.7 Å². The van der Waals surface area contributed by atoms with Crippen molar-refractivity contribution in [3.8, 4) is 5.75 Å². The van der Waals surface area contributed by atoms with Crippen molar-refractivity contribution in [3.05, 3.63) is 98.5 Å². The molecule has 0 fully saturated rings. The first kappa shape index (κ1) is 23.3. The average molecular weight is 537 g/mol. The molecule has 0 aliphatic heterocycles. The van der Waals surface area contributed by atoms with Crippen LogP contribution in [0.5, 0.6) is 5.75 Å². The second kappa shape index (κ2) is 10.4. The highest BCUT2D eigenvalue weighted by molar-refractivity contribution is 9.10. The summed E-state index contributed by atoms with van der Waals surface area (Å²) in [7, 11) is 1.59. The lowest BCUT2D eigenvalue weighted by atomic mass is 10.2. The van der Waals surface area contributed by atoms with E-state index < -0.39 is 10.8 Å². The Morgan fingerprint density at radius 2 is 1.82 bits per heavy atom. The third-order valence-electron chi connectivity index (χ3n) is 4.69. The van der Waals surface area contributed by atoms with Crippen molar-refractivity contribution in [2.24, 2.45) is 5.10 Å². The molecule has 0 saturated carbocycles.